The van der Waals surface area contributed by atoms with Gasteiger partial charge in [-0.15, -0.1) is 23.2 Å². The van der Waals surface area contributed by atoms with E-state index in [1.54, 1.807) is 0 Å². The molecule has 0 aromatic rings. The van der Waals surface area contributed by atoms with E-state index < -0.39 is 14.3 Å². The van der Waals surface area contributed by atoms with Gasteiger partial charge in [-0.1, -0.05) is 0 Å². The van der Waals surface area contributed by atoms with Gasteiger partial charge in [0.25, 0.3) is 0 Å². The molecule has 0 aromatic heterocycles. The standard InChI is InChI=1S/C3H5Cl3O2S/c4-1-3(2-5)9(6,7)8/h3H,1-2H2. The van der Waals surface area contributed by atoms with E-state index in [2.05, 4.69) is 0 Å². The summed E-state index contributed by atoms with van der Waals surface area (Å²) in [7, 11) is 1.35. The minimum Gasteiger partial charge on any atom is -0.212 e. The molecule has 0 spiro atoms. The Morgan fingerprint density at radius 2 is 1.56 bits per heavy atom. The molecule has 0 amide bonds. The maximum Gasteiger partial charge on any atom is 0.237 e. The summed E-state index contributed by atoms with van der Waals surface area (Å²) in [5.74, 6) is -0.120. The van der Waals surface area contributed by atoms with Gasteiger partial charge in [0.15, 0.2) is 0 Å². The molecule has 2 nitrogen and oxygen atoms in total. The molecule has 0 saturated heterocycles. The Kier molecular flexibility index (Phi) is 4.21. The van der Waals surface area contributed by atoms with Gasteiger partial charge < -0.3 is 0 Å². The summed E-state index contributed by atoms with van der Waals surface area (Å²) < 4.78 is 20.8. The van der Waals surface area contributed by atoms with Crippen LogP contribution in [0.1, 0.15) is 0 Å². The van der Waals surface area contributed by atoms with E-state index in [1.807, 2.05) is 0 Å². The molecule has 0 fully saturated rings. The van der Waals surface area contributed by atoms with Crippen LogP contribution in [0.4, 0.5) is 0 Å². The third-order valence-electron chi connectivity index (χ3n) is 0.742. The van der Waals surface area contributed by atoms with Crippen molar-refractivity contribution in [2.24, 2.45) is 0 Å². The number of hydrogen-bond donors (Lipinski definition) is 0. The first kappa shape index (κ1) is 9.82. The van der Waals surface area contributed by atoms with Crippen molar-refractivity contribution >= 4 is 42.9 Å². The van der Waals surface area contributed by atoms with E-state index in [4.69, 9.17) is 33.9 Å². The van der Waals surface area contributed by atoms with Crippen LogP contribution >= 0.6 is 33.9 Å². The maximum absolute atomic E-state index is 10.4. The third-order valence-corrected chi connectivity index (χ3v) is 3.74. The Labute approximate surface area is 68.5 Å². The second-order valence-electron chi connectivity index (χ2n) is 1.41. The van der Waals surface area contributed by atoms with Crippen molar-refractivity contribution in [3.63, 3.8) is 0 Å². The summed E-state index contributed by atoms with van der Waals surface area (Å²) in [6, 6.07) is 0. The van der Waals surface area contributed by atoms with Gasteiger partial charge in [-0.2, -0.15) is 0 Å². The highest BCUT2D eigenvalue weighted by Gasteiger charge is 2.20. The molecule has 0 aromatic carbocycles. The molecular formula is C3H5Cl3O2S. The van der Waals surface area contributed by atoms with Crippen LogP contribution in [-0.2, 0) is 9.05 Å². The Bertz CT molecular complexity index is 160. The first-order valence-corrected chi connectivity index (χ1v) is 5.52. The summed E-state index contributed by atoms with van der Waals surface area (Å²) in [4.78, 5) is 0. The van der Waals surface area contributed by atoms with Crippen molar-refractivity contribution < 1.29 is 8.42 Å². The molecule has 0 radical (unpaired) electrons. The molecule has 0 saturated carbocycles. The van der Waals surface area contributed by atoms with Crippen LogP contribution < -0.4 is 0 Å². The predicted molar refractivity (Wildman–Crippen MR) is 40.0 cm³/mol. The normalized spacial score (nSPS) is 12.4. The van der Waals surface area contributed by atoms with E-state index >= 15 is 0 Å². The minimum atomic E-state index is -3.56. The SMILES string of the molecule is O=S(=O)(Cl)C(CCl)CCl. The van der Waals surface area contributed by atoms with Crippen molar-refractivity contribution in [1.29, 1.82) is 0 Å². The van der Waals surface area contributed by atoms with Gasteiger partial charge in [0.2, 0.25) is 9.05 Å². The molecule has 0 atom stereocenters. The van der Waals surface area contributed by atoms with Gasteiger partial charge >= 0.3 is 0 Å². The number of alkyl halides is 2. The molecule has 6 heteroatoms. The van der Waals surface area contributed by atoms with Gasteiger partial charge in [0.1, 0.15) is 5.25 Å². The second kappa shape index (κ2) is 3.86. The fourth-order valence-corrected chi connectivity index (χ4v) is 2.58. The highest BCUT2D eigenvalue weighted by atomic mass is 35.7. The van der Waals surface area contributed by atoms with Gasteiger partial charge in [-0.05, 0) is 0 Å². The van der Waals surface area contributed by atoms with Crippen molar-refractivity contribution in [2.45, 2.75) is 5.25 Å². The lowest BCUT2D eigenvalue weighted by molar-refractivity contribution is 0.602. The fourth-order valence-electron chi connectivity index (χ4n) is 0.192. The predicted octanol–water partition coefficient (Wildman–Crippen LogP) is 1.40. The fraction of sp³-hybridized carbons (Fsp3) is 1.00. The van der Waals surface area contributed by atoms with Gasteiger partial charge in [0, 0.05) is 22.4 Å². The molecule has 0 aliphatic rings. The molecule has 0 unspecified atom stereocenters. The van der Waals surface area contributed by atoms with Crippen molar-refractivity contribution in [1.82, 2.24) is 0 Å². The largest absolute Gasteiger partial charge is 0.237 e. The molecule has 0 aliphatic carbocycles. The van der Waals surface area contributed by atoms with Crippen molar-refractivity contribution in [2.75, 3.05) is 11.8 Å². The summed E-state index contributed by atoms with van der Waals surface area (Å²) in [6.45, 7) is 0. The van der Waals surface area contributed by atoms with Crippen LogP contribution in [0.3, 0.4) is 0 Å². The summed E-state index contributed by atoms with van der Waals surface area (Å²) in [5, 5.41) is -0.831. The van der Waals surface area contributed by atoms with Crippen LogP contribution in [0.5, 0.6) is 0 Å². The quantitative estimate of drug-likeness (QED) is 0.522. The van der Waals surface area contributed by atoms with Crippen molar-refractivity contribution in [3.8, 4) is 0 Å². The van der Waals surface area contributed by atoms with Crippen LogP contribution in [0.15, 0.2) is 0 Å². The Morgan fingerprint density at radius 1 is 1.22 bits per heavy atom. The summed E-state index contributed by atoms with van der Waals surface area (Å²) in [5.41, 5.74) is 0. The zero-order valence-electron chi connectivity index (χ0n) is 4.35. The van der Waals surface area contributed by atoms with Crippen LogP contribution in [0, 0.1) is 0 Å². The monoisotopic (exact) mass is 210 g/mol. The van der Waals surface area contributed by atoms with Gasteiger partial charge in [-0.25, -0.2) is 8.42 Å². The van der Waals surface area contributed by atoms with E-state index in [-0.39, 0.29) is 11.8 Å². The molecule has 0 heterocycles. The third kappa shape index (κ3) is 3.50. The minimum absolute atomic E-state index is 0.0602. The topological polar surface area (TPSA) is 34.1 Å². The number of rotatable bonds is 3. The zero-order valence-corrected chi connectivity index (χ0v) is 7.43. The smallest absolute Gasteiger partial charge is 0.212 e. The summed E-state index contributed by atoms with van der Waals surface area (Å²) in [6.07, 6.45) is 0. The van der Waals surface area contributed by atoms with Crippen molar-refractivity contribution in [3.05, 3.63) is 0 Å². The van der Waals surface area contributed by atoms with E-state index in [1.165, 1.54) is 0 Å². The molecular weight excluding hydrogens is 206 g/mol. The van der Waals surface area contributed by atoms with E-state index in [0.29, 0.717) is 0 Å². The second-order valence-corrected chi connectivity index (χ2v) is 4.93. The maximum atomic E-state index is 10.4. The highest BCUT2D eigenvalue weighted by Crippen LogP contribution is 2.10. The number of hydrogen-bond acceptors (Lipinski definition) is 2. The Balaban J connectivity index is 4.14. The lowest BCUT2D eigenvalue weighted by Crippen LogP contribution is -2.19. The highest BCUT2D eigenvalue weighted by molar-refractivity contribution is 8.14. The first-order chi connectivity index (χ1) is 4.02. The molecule has 9 heavy (non-hydrogen) atoms. The lowest BCUT2D eigenvalue weighted by atomic mass is 10.6. The van der Waals surface area contributed by atoms with E-state index in [0.717, 1.165) is 0 Å². The average molecular weight is 211 g/mol. The summed E-state index contributed by atoms with van der Waals surface area (Å²) >= 11 is 10.4. The Hall–Kier alpha value is 0.820. The zero-order chi connectivity index (χ0) is 7.49. The molecule has 0 N–H and O–H groups in total. The van der Waals surface area contributed by atoms with Crippen LogP contribution in [0.2, 0.25) is 0 Å². The molecule has 56 valence electrons. The molecule has 0 bridgehead atoms. The van der Waals surface area contributed by atoms with E-state index in [9.17, 15) is 8.42 Å². The average Bonchev–Trinajstić information content (AvgIpc) is 1.65. The van der Waals surface area contributed by atoms with Gasteiger partial charge in [0.05, 0.1) is 0 Å². The number of halogens is 3. The van der Waals surface area contributed by atoms with Gasteiger partial charge in [-0.3, -0.25) is 0 Å². The molecule has 0 aliphatic heterocycles. The lowest BCUT2D eigenvalue weighted by Gasteiger charge is -2.02. The van der Waals surface area contributed by atoms with Crippen LogP contribution in [0.25, 0.3) is 0 Å². The Morgan fingerprint density at radius 3 is 1.56 bits per heavy atom. The molecule has 0 rings (SSSR count). The van der Waals surface area contributed by atoms with Crippen LogP contribution in [-0.4, -0.2) is 25.4 Å². The first-order valence-electron chi connectivity index (χ1n) is 2.07.